The summed E-state index contributed by atoms with van der Waals surface area (Å²) in [5.41, 5.74) is 2.71. The molecular weight excluding hydrogens is 365 g/mol. The highest BCUT2D eigenvalue weighted by molar-refractivity contribution is 5.94. The maximum Gasteiger partial charge on any atom is 0.251 e. The van der Waals surface area contributed by atoms with Crippen molar-refractivity contribution in [2.24, 2.45) is 0 Å². The fraction of sp³-hybridized carbons (Fsp3) is 0.458. The molecule has 0 unspecified atom stereocenters. The molecule has 0 atom stereocenters. The molecule has 2 aromatic carbocycles. The Labute approximate surface area is 173 Å². The minimum atomic E-state index is -0.154. The molecule has 1 fully saturated rings. The summed E-state index contributed by atoms with van der Waals surface area (Å²) in [5, 5.41) is 3.01. The van der Waals surface area contributed by atoms with Crippen LogP contribution in [0.3, 0.4) is 0 Å². The summed E-state index contributed by atoms with van der Waals surface area (Å²) in [6.45, 7) is 11.6. The normalized spacial score (nSPS) is 15.4. The first-order valence-corrected chi connectivity index (χ1v) is 10.5. The Hall–Kier alpha value is -2.40. The van der Waals surface area contributed by atoms with Gasteiger partial charge in [0.25, 0.3) is 5.91 Å². The van der Waals surface area contributed by atoms with Crippen molar-refractivity contribution in [3.8, 4) is 0 Å². The van der Waals surface area contributed by atoms with E-state index in [-0.39, 0.29) is 17.1 Å². The van der Waals surface area contributed by atoms with Crippen LogP contribution in [0, 0.1) is 5.82 Å². The fourth-order valence-corrected chi connectivity index (χ4v) is 3.65. The number of carbonyl (C=O) groups is 1. The van der Waals surface area contributed by atoms with Crippen molar-refractivity contribution in [1.29, 1.82) is 0 Å². The summed E-state index contributed by atoms with van der Waals surface area (Å²) < 4.78 is 13.9. The number of hydrogen-bond acceptors (Lipinski definition) is 3. The highest BCUT2D eigenvalue weighted by Crippen LogP contribution is 2.22. The molecule has 156 valence electrons. The topological polar surface area (TPSA) is 35.6 Å². The van der Waals surface area contributed by atoms with Crippen molar-refractivity contribution < 1.29 is 9.18 Å². The van der Waals surface area contributed by atoms with Gasteiger partial charge in [0.2, 0.25) is 0 Å². The standard InChI is InChI=1S/C24H32FN3O/c1-24(2,3)20-11-9-19(10-12-20)23(29)26-13-6-14-27-15-17-28(18-16-27)22-8-5-4-7-21(22)25/h4-5,7-12H,6,13-18H2,1-3H3,(H,26,29). The number of hydrogen-bond donors (Lipinski definition) is 1. The third-order valence-electron chi connectivity index (χ3n) is 5.52. The van der Waals surface area contributed by atoms with Crippen molar-refractivity contribution >= 4 is 11.6 Å². The number of nitrogens with one attached hydrogen (secondary N) is 1. The largest absolute Gasteiger partial charge is 0.367 e. The molecule has 0 bridgehead atoms. The smallest absolute Gasteiger partial charge is 0.251 e. The van der Waals surface area contributed by atoms with Gasteiger partial charge < -0.3 is 10.2 Å². The molecule has 5 heteroatoms. The van der Waals surface area contributed by atoms with Gasteiger partial charge in [-0.3, -0.25) is 9.69 Å². The van der Waals surface area contributed by atoms with Gasteiger partial charge in [-0.15, -0.1) is 0 Å². The molecule has 1 aliphatic rings. The number of benzene rings is 2. The van der Waals surface area contributed by atoms with E-state index in [0.717, 1.165) is 39.1 Å². The molecular formula is C24H32FN3O. The number of nitrogens with zero attached hydrogens (tertiary/aromatic N) is 2. The van der Waals surface area contributed by atoms with Crippen molar-refractivity contribution in [2.45, 2.75) is 32.6 Å². The predicted molar refractivity (Wildman–Crippen MR) is 117 cm³/mol. The van der Waals surface area contributed by atoms with Gasteiger partial charge in [0.15, 0.2) is 0 Å². The average molecular weight is 398 g/mol. The van der Waals surface area contributed by atoms with E-state index in [1.54, 1.807) is 6.07 Å². The quantitative estimate of drug-likeness (QED) is 0.747. The van der Waals surface area contributed by atoms with Crippen LogP contribution in [0.2, 0.25) is 0 Å². The Balaban J connectivity index is 1.37. The number of para-hydroxylation sites is 1. The van der Waals surface area contributed by atoms with E-state index in [2.05, 4.69) is 35.9 Å². The summed E-state index contributed by atoms with van der Waals surface area (Å²) in [4.78, 5) is 16.8. The van der Waals surface area contributed by atoms with E-state index in [1.807, 2.05) is 36.4 Å². The lowest BCUT2D eigenvalue weighted by Gasteiger charge is -2.36. The van der Waals surface area contributed by atoms with Gasteiger partial charge in [0.1, 0.15) is 5.82 Å². The second kappa shape index (κ2) is 9.40. The summed E-state index contributed by atoms with van der Waals surface area (Å²) in [7, 11) is 0. The SMILES string of the molecule is CC(C)(C)c1ccc(C(=O)NCCCN2CCN(c3ccccc3F)CC2)cc1. The van der Waals surface area contributed by atoms with Gasteiger partial charge in [-0.25, -0.2) is 4.39 Å². The van der Waals surface area contributed by atoms with Gasteiger partial charge in [-0.1, -0.05) is 45.0 Å². The van der Waals surface area contributed by atoms with E-state index in [0.29, 0.717) is 17.8 Å². The van der Waals surface area contributed by atoms with Gasteiger partial charge in [0.05, 0.1) is 5.69 Å². The Morgan fingerprint density at radius 1 is 1.00 bits per heavy atom. The van der Waals surface area contributed by atoms with Gasteiger partial charge in [-0.2, -0.15) is 0 Å². The van der Waals surface area contributed by atoms with Crippen LogP contribution < -0.4 is 10.2 Å². The first-order chi connectivity index (χ1) is 13.8. The van der Waals surface area contributed by atoms with E-state index >= 15 is 0 Å². The van der Waals surface area contributed by atoms with Crippen LogP contribution in [0.25, 0.3) is 0 Å². The molecule has 1 aliphatic heterocycles. The van der Waals surface area contributed by atoms with Crippen LogP contribution in [0.1, 0.15) is 43.1 Å². The zero-order valence-corrected chi connectivity index (χ0v) is 17.7. The third-order valence-corrected chi connectivity index (χ3v) is 5.52. The van der Waals surface area contributed by atoms with Crippen LogP contribution in [-0.2, 0) is 5.41 Å². The van der Waals surface area contributed by atoms with Crippen molar-refractivity contribution in [1.82, 2.24) is 10.2 Å². The average Bonchev–Trinajstić information content (AvgIpc) is 2.71. The molecule has 1 amide bonds. The first kappa shape index (κ1) is 21.3. The van der Waals surface area contributed by atoms with E-state index in [9.17, 15) is 9.18 Å². The molecule has 0 spiro atoms. The number of anilines is 1. The number of rotatable bonds is 6. The number of piperazine rings is 1. The van der Waals surface area contributed by atoms with Crippen LogP contribution >= 0.6 is 0 Å². The lowest BCUT2D eigenvalue weighted by molar-refractivity contribution is 0.0951. The molecule has 4 nitrogen and oxygen atoms in total. The monoisotopic (exact) mass is 397 g/mol. The molecule has 29 heavy (non-hydrogen) atoms. The highest BCUT2D eigenvalue weighted by atomic mass is 19.1. The Morgan fingerprint density at radius 2 is 1.66 bits per heavy atom. The van der Waals surface area contributed by atoms with Gasteiger partial charge in [-0.05, 0) is 48.2 Å². The Morgan fingerprint density at radius 3 is 2.28 bits per heavy atom. The minimum absolute atomic E-state index is 0.0187. The molecule has 0 aromatic heterocycles. The van der Waals surface area contributed by atoms with Crippen molar-refractivity contribution in [3.63, 3.8) is 0 Å². The van der Waals surface area contributed by atoms with Gasteiger partial charge >= 0.3 is 0 Å². The third kappa shape index (κ3) is 5.80. The molecule has 1 saturated heterocycles. The molecule has 2 aromatic rings. The number of amides is 1. The van der Waals surface area contributed by atoms with Crippen molar-refractivity contribution in [2.75, 3.05) is 44.2 Å². The number of carbonyl (C=O) groups excluding carboxylic acids is 1. The van der Waals surface area contributed by atoms with Crippen LogP contribution in [-0.4, -0.2) is 50.1 Å². The van der Waals surface area contributed by atoms with Crippen LogP contribution in [0.5, 0.6) is 0 Å². The Bertz CT molecular complexity index is 806. The minimum Gasteiger partial charge on any atom is -0.367 e. The lowest BCUT2D eigenvalue weighted by Crippen LogP contribution is -2.47. The maximum atomic E-state index is 13.9. The second-order valence-electron chi connectivity index (χ2n) is 8.72. The highest BCUT2D eigenvalue weighted by Gasteiger charge is 2.19. The van der Waals surface area contributed by atoms with E-state index in [4.69, 9.17) is 0 Å². The first-order valence-electron chi connectivity index (χ1n) is 10.5. The van der Waals surface area contributed by atoms with Crippen LogP contribution in [0.15, 0.2) is 48.5 Å². The summed E-state index contributed by atoms with van der Waals surface area (Å²) in [6.07, 6.45) is 0.908. The lowest BCUT2D eigenvalue weighted by atomic mass is 9.87. The fourth-order valence-electron chi connectivity index (χ4n) is 3.65. The van der Waals surface area contributed by atoms with Gasteiger partial charge in [0, 0.05) is 38.3 Å². The molecule has 1 heterocycles. The predicted octanol–water partition coefficient (Wildman–Crippen LogP) is 4.07. The zero-order chi connectivity index (χ0) is 20.9. The molecule has 1 N–H and O–H groups in total. The van der Waals surface area contributed by atoms with Crippen molar-refractivity contribution in [3.05, 3.63) is 65.5 Å². The molecule has 3 rings (SSSR count). The second-order valence-corrected chi connectivity index (χ2v) is 8.72. The summed E-state index contributed by atoms with van der Waals surface area (Å²) in [5.74, 6) is -0.172. The molecule has 0 radical (unpaired) electrons. The molecule has 0 aliphatic carbocycles. The Kier molecular flexibility index (Phi) is 6.91. The number of halogens is 1. The van der Waals surface area contributed by atoms with E-state index in [1.165, 1.54) is 11.6 Å². The zero-order valence-electron chi connectivity index (χ0n) is 17.7. The summed E-state index contributed by atoms with van der Waals surface area (Å²) in [6, 6.07) is 14.8. The molecule has 0 saturated carbocycles. The van der Waals surface area contributed by atoms with E-state index < -0.39 is 0 Å². The van der Waals surface area contributed by atoms with Crippen LogP contribution in [0.4, 0.5) is 10.1 Å². The summed E-state index contributed by atoms with van der Waals surface area (Å²) >= 11 is 0. The maximum absolute atomic E-state index is 13.9.